The van der Waals surface area contributed by atoms with Crippen LogP contribution in [0.15, 0.2) is 30.0 Å². The van der Waals surface area contributed by atoms with E-state index in [-0.39, 0.29) is 23.9 Å². The second kappa shape index (κ2) is 8.05. The normalized spacial score (nSPS) is 12.0. The fourth-order valence-electron chi connectivity index (χ4n) is 2.27. The Hall–Kier alpha value is -2.81. The lowest BCUT2D eigenvalue weighted by atomic mass is 10.1. The SMILES string of the molecule is C/C(N)=C(\C)c1c(N)sc(C(=O)NCc2ccc(OC(F)F)cc2)c1N. The fraction of sp³-hybridized carbons (Fsp3) is 0.235. The average Bonchev–Trinajstić information content (AvgIpc) is 2.87. The minimum Gasteiger partial charge on any atom is -0.435 e. The van der Waals surface area contributed by atoms with E-state index >= 15 is 0 Å². The molecule has 0 aliphatic heterocycles. The molecule has 1 aromatic heterocycles. The summed E-state index contributed by atoms with van der Waals surface area (Å²) >= 11 is 1.09. The van der Waals surface area contributed by atoms with E-state index < -0.39 is 6.61 Å². The van der Waals surface area contributed by atoms with Gasteiger partial charge in [-0.2, -0.15) is 8.78 Å². The van der Waals surface area contributed by atoms with Gasteiger partial charge in [0.05, 0.1) is 10.7 Å². The van der Waals surface area contributed by atoms with E-state index in [1.807, 2.05) is 0 Å². The standard InChI is InChI=1S/C17H20F2N4O2S/c1-8(9(2)20)12-13(21)14(26-15(12)22)16(24)23-7-10-3-5-11(6-4-10)25-17(18)19/h3-6,17H,7,20-22H2,1-2H3,(H,23,24)/b9-8-. The number of ether oxygens (including phenoxy) is 1. The number of carbonyl (C=O) groups is 1. The molecule has 2 aromatic rings. The molecule has 7 N–H and O–H groups in total. The Bertz CT molecular complexity index is 828. The van der Waals surface area contributed by atoms with Crippen LogP contribution in [0.5, 0.6) is 5.75 Å². The average molecular weight is 382 g/mol. The van der Waals surface area contributed by atoms with Crippen LogP contribution in [0.4, 0.5) is 19.5 Å². The third-order valence-electron chi connectivity index (χ3n) is 3.75. The smallest absolute Gasteiger partial charge is 0.387 e. The van der Waals surface area contributed by atoms with Crippen LogP contribution in [-0.2, 0) is 6.54 Å². The molecule has 0 spiro atoms. The lowest BCUT2D eigenvalue weighted by Crippen LogP contribution is -2.22. The molecular formula is C17H20F2N4O2S. The van der Waals surface area contributed by atoms with Crippen molar-refractivity contribution < 1.29 is 18.3 Å². The van der Waals surface area contributed by atoms with Crippen LogP contribution in [0.1, 0.15) is 34.6 Å². The van der Waals surface area contributed by atoms with Gasteiger partial charge in [0.25, 0.3) is 5.91 Å². The molecule has 0 bridgehead atoms. The van der Waals surface area contributed by atoms with Gasteiger partial charge in [-0.3, -0.25) is 4.79 Å². The molecule has 0 fully saturated rings. The number of thiophene rings is 1. The molecule has 0 aliphatic carbocycles. The Labute approximate surface area is 153 Å². The lowest BCUT2D eigenvalue weighted by Gasteiger charge is -2.08. The second-order valence-electron chi connectivity index (χ2n) is 5.60. The van der Waals surface area contributed by atoms with Crippen molar-refractivity contribution in [3.05, 3.63) is 46.0 Å². The quantitative estimate of drug-likeness (QED) is 0.612. The van der Waals surface area contributed by atoms with Crippen LogP contribution in [0.3, 0.4) is 0 Å². The maximum absolute atomic E-state index is 12.4. The van der Waals surface area contributed by atoms with E-state index in [1.54, 1.807) is 26.0 Å². The van der Waals surface area contributed by atoms with Crippen LogP contribution >= 0.6 is 11.3 Å². The zero-order valence-corrected chi connectivity index (χ0v) is 15.1. The van der Waals surface area contributed by atoms with Crippen molar-refractivity contribution in [2.24, 2.45) is 5.73 Å². The first-order chi connectivity index (χ1) is 12.2. The summed E-state index contributed by atoms with van der Waals surface area (Å²) in [6.07, 6.45) is 0. The van der Waals surface area contributed by atoms with Gasteiger partial charge >= 0.3 is 6.61 Å². The van der Waals surface area contributed by atoms with E-state index in [0.29, 0.717) is 21.1 Å². The highest BCUT2D eigenvalue weighted by molar-refractivity contribution is 7.18. The number of nitrogens with one attached hydrogen (secondary N) is 1. The van der Waals surface area contributed by atoms with Crippen molar-refractivity contribution >= 4 is 33.5 Å². The van der Waals surface area contributed by atoms with Gasteiger partial charge in [-0.05, 0) is 37.1 Å². The highest BCUT2D eigenvalue weighted by Crippen LogP contribution is 2.38. The summed E-state index contributed by atoms with van der Waals surface area (Å²) in [6, 6.07) is 5.98. The van der Waals surface area contributed by atoms with E-state index in [0.717, 1.165) is 22.5 Å². The number of hydrogen-bond donors (Lipinski definition) is 4. The van der Waals surface area contributed by atoms with Gasteiger partial charge in [0, 0.05) is 17.8 Å². The van der Waals surface area contributed by atoms with Gasteiger partial charge in [0.15, 0.2) is 0 Å². The lowest BCUT2D eigenvalue weighted by molar-refractivity contribution is -0.0498. The fourth-order valence-corrected chi connectivity index (χ4v) is 3.23. The summed E-state index contributed by atoms with van der Waals surface area (Å²) in [5.41, 5.74) is 20.7. The molecule has 26 heavy (non-hydrogen) atoms. The topological polar surface area (TPSA) is 116 Å². The summed E-state index contributed by atoms with van der Waals surface area (Å²) in [7, 11) is 0. The number of amides is 1. The Kier molecular flexibility index (Phi) is 6.04. The molecule has 2 rings (SSSR count). The molecule has 0 atom stereocenters. The molecule has 1 aromatic carbocycles. The minimum atomic E-state index is -2.88. The number of rotatable bonds is 6. The van der Waals surface area contributed by atoms with E-state index in [4.69, 9.17) is 17.2 Å². The molecule has 0 saturated heterocycles. The number of alkyl halides is 2. The van der Waals surface area contributed by atoms with Crippen molar-refractivity contribution in [3.63, 3.8) is 0 Å². The summed E-state index contributed by atoms with van der Waals surface area (Å²) in [5.74, 6) is -0.324. The molecule has 9 heteroatoms. The number of allylic oxidation sites excluding steroid dienone is 2. The number of nitrogen functional groups attached to an aromatic ring is 2. The van der Waals surface area contributed by atoms with Crippen molar-refractivity contribution in [1.29, 1.82) is 0 Å². The Balaban J connectivity index is 2.09. The maximum Gasteiger partial charge on any atom is 0.387 e. The highest BCUT2D eigenvalue weighted by atomic mass is 32.1. The summed E-state index contributed by atoms with van der Waals surface area (Å²) < 4.78 is 28.5. The zero-order valence-electron chi connectivity index (χ0n) is 14.3. The number of hydrogen-bond acceptors (Lipinski definition) is 6. The Morgan fingerprint density at radius 1 is 1.23 bits per heavy atom. The molecule has 140 valence electrons. The monoisotopic (exact) mass is 382 g/mol. The van der Waals surface area contributed by atoms with Gasteiger partial charge in [0.2, 0.25) is 0 Å². The summed E-state index contributed by atoms with van der Waals surface area (Å²) in [6.45, 7) is 0.837. The van der Waals surface area contributed by atoms with E-state index in [2.05, 4.69) is 10.1 Å². The number of carbonyl (C=O) groups excluding carboxylic acids is 1. The number of nitrogens with two attached hydrogens (primary N) is 3. The van der Waals surface area contributed by atoms with Gasteiger partial charge in [-0.25, -0.2) is 0 Å². The number of halogens is 2. The Morgan fingerprint density at radius 2 is 1.85 bits per heavy atom. The third-order valence-corrected chi connectivity index (χ3v) is 4.78. The van der Waals surface area contributed by atoms with Crippen molar-refractivity contribution in [3.8, 4) is 5.75 Å². The van der Waals surface area contributed by atoms with Crippen molar-refractivity contribution in [1.82, 2.24) is 5.32 Å². The van der Waals surface area contributed by atoms with E-state index in [1.165, 1.54) is 12.1 Å². The Morgan fingerprint density at radius 3 is 2.38 bits per heavy atom. The summed E-state index contributed by atoms with van der Waals surface area (Å²) in [4.78, 5) is 12.7. The van der Waals surface area contributed by atoms with Crippen LogP contribution in [0.25, 0.3) is 5.57 Å². The van der Waals surface area contributed by atoms with Gasteiger partial charge in [-0.15, -0.1) is 11.3 Å². The molecule has 0 aliphatic rings. The van der Waals surface area contributed by atoms with Crippen LogP contribution < -0.4 is 27.3 Å². The summed E-state index contributed by atoms with van der Waals surface area (Å²) in [5, 5.41) is 3.14. The van der Waals surface area contributed by atoms with E-state index in [9.17, 15) is 13.6 Å². The van der Waals surface area contributed by atoms with Gasteiger partial charge in [0.1, 0.15) is 10.6 Å². The molecule has 6 nitrogen and oxygen atoms in total. The minimum absolute atomic E-state index is 0.0504. The first-order valence-corrected chi connectivity index (χ1v) is 8.45. The molecule has 0 saturated carbocycles. The predicted molar refractivity (Wildman–Crippen MR) is 99.8 cm³/mol. The largest absolute Gasteiger partial charge is 0.435 e. The number of benzene rings is 1. The van der Waals surface area contributed by atoms with Crippen LogP contribution in [-0.4, -0.2) is 12.5 Å². The molecule has 1 amide bonds. The maximum atomic E-state index is 12.4. The first kappa shape index (κ1) is 19.5. The molecule has 0 radical (unpaired) electrons. The predicted octanol–water partition coefficient (Wildman–Crippen LogP) is 3.15. The third kappa shape index (κ3) is 4.42. The molecule has 0 unspecified atom stereocenters. The van der Waals surface area contributed by atoms with Gasteiger partial charge in [-0.1, -0.05) is 12.1 Å². The number of anilines is 2. The first-order valence-electron chi connectivity index (χ1n) is 7.63. The van der Waals surface area contributed by atoms with Gasteiger partial charge < -0.3 is 27.3 Å². The van der Waals surface area contributed by atoms with Crippen molar-refractivity contribution in [2.75, 3.05) is 11.5 Å². The van der Waals surface area contributed by atoms with Crippen LogP contribution in [0.2, 0.25) is 0 Å². The highest BCUT2D eigenvalue weighted by Gasteiger charge is 2.21. The van der Waals surface area contributed by atoms with Crippen molar-refractivity contribution in [2.45, 2.75) is 27.0 Å². The molecule has 1 heterocycles. The zero-order chi connectivity index (χ0) is 19.4. The van der Waals surface area contributed by atoms with Crippen LogP contribution in [0, 0.1) is 0 Å². The molecular weight excluding hydrogens is 362 g/mol. The second-order valence-corrected chi connectivity index (χ2v) is 6.65.